The van der Waals surface area contributed by atoms with E-state index in [0.29, 0.717) is 6.10 Å². The zero-order valence-corrected chi connectivity index (χ0v) is 13.7. The van der Waals surface area contributed by atoms with Gasteiger partial charge in [0.05, 0.1) is 18.3 Å². The molecule has 1 fully saturated rings. The van der Waals surface area contributed by atoms with Crippen molar-refractivity contribution in [3.63, 3.8) is 0 Å². The Kier molecular flexibility index (Phi) is 4.64. The zero-order chi connectivity index (χ0) is 15.5. The molecule has 1 aliphatic rings. The minimum atomic E-state index is 0.338. The fourth-order valence-electron chi connectivity index (χ4n) is 2.98. The van der Waals surface area contributed by atoms with Crippen LogP contribution in [0.4, 0.5) is 0 Å². The first-order chi connectivity index (χ1) is 10.6. The van der Waals surface area contributed by atoms with Gasteiger partial charge in [0.1, 0.15) is 17.3 Å². The largest absolute Gasteiger partial charge is 0.465 e. The van der Waals surface area contributed by atoms with Crippen LogP contribution in [-0.4, -0.2) is 33.7 Å². The van der Waals surface area contributed by atoms with Crippen molar-refractivity contribution < 1.29 is 9.15 Å². The number of aryl methyl sites for hydroxylation is 2. The van der Waals surface area contributed by atoms with E-state index >= 15 is 0 Å². The molecule has 3 rings (SSSR count). The lowest BCUT2D eigenvalue weighted by Gasteiger charge is -2.24. The van der Waals surface area contributed by atoms with Crippen LogP contribution in [0.3, 0.4) is 0 Å². The summed E-state index contributed by atoms with van der Waals surface area (Å²) in [6, 6.07) is 4.08. The molecule has 0 radical (unpaired) electrons. The van der Waals surface area contributed by atoms with Gasteiger partial charge >= 0.3 is 0 Å². The molecule has 0 amide bonds. The Morgan fingerprint density at radius 1 is 1.32 bits per heavy atom. The van der Waals surface area contributed by atoms with Crippen LogP contribution in [0.25, 0.3) is 0 Å². The van der Waals surface area contributed by atoms with Gasteiger partial charge in [0.2, 0.25) is 0 Å². The summed E-state index contributed by atoms with van der Waals surface area (Å²) in [5.74, 6) is 3.01. The Morgan fingerprint density at radius 3 is 2.77 bits per heavy atom. The van der Waals surface area contributed by atoms with Crippen molar-refractivity contribution in [1.82, 2.24) is 14.5 Å². The van der Waals surface area contributed by atoms with E-state index in [2.05, 4.69) is 27.6 Å². The molecule has 5 heteroatoms. The third-order valence-electron chi connectivity index (χ3n) is 4.36. The molecule has 0 aliphatic carbocycles. The van der Waals surface area contributed by atoms with Gasteiger partial charge in [-0.2, -0.15) is 0 Å². The average Bonchev–Trinajstić information content (AvgIpc) is 3.19. The Labute approximate surface area is 131 Å². The zero-order valence-electron chi connectivity index (χ0n) is 13.7. The van der Waals surface area contributed by atoms with E-state index < -0.39 is 0 Å². The molecule has 5 nitrogen and oxygen atoms in total. The first-order valence-corrected chi connectivity index (χ1v) is 7.98. The van der Waals surface area contributed by atoms with Crippen molar-refractivity contribution in [1.29, 1.82) is 0 Å². The molecule has 0 N–H and O–H groups in total. The normalized spacial score (nSPS) is 18.5. The van der Waals surface area contributed by atoms with Gasteiger partial charge in [-0.15, -0.1) is 0 Å². The van der Waals surface area contributed by atoms with Crippen LogP contribution in [0.2, 0.25) is 0 Å². The maximum absolute atomic E-state index is 5.80. The van der Waals surface area contributed by atoms with Gasteiger partial charge in [0.15, 0.2) is 0 Å². The summed E-state index contributed by atoms with van der Waals surface area (Å²) in [6.07, 6.45) is 4.62. The molecule has 1 atom stereocenters. The maximum Gasteiger partial charge on any atom is 0.118 e. The number of imidazole rings is 1. The first kappa shape index (κ1) is 15.3. The van der Waals surface area contributed by atoms with Crippen LogP contribution in [-0.2, 0) is 24.9 Å². The Morgan fingerprint density at radius 2 is 2.18 bits per heavy atom. The molecule has 1 unspecified atom stereocenters. The summed E-state index contributed by atoms with van der Waals surface area (Å²) < 4.78 is 13.7. The Bertz CT molecular complexity index is 611. The van der Waals surface area contributed by atoms with Crippen LogP contribution in [0.1, 0.15) is 35.9 Å². The molecule has 0 saturated carbocycles. The van der Waals surface area contributed by atoms with Crippen LogP contribution in [0, 0.1) is 13.8 Å². The molecule has 3 heterocycles. The second-order valence-electron chi connectivity index (χ2n) is 6.17. The lowest BCUT2D eigenvalue weighted by molar-refractivity contribution is 0.0646. The summed E-state index contributed by atoms with van der Waals surface area (Å²) in [6.45, 7) is 7.50. The van der Waals surface area contributed by atoms with Crippen LogP contribution < -0.4 is 0 Å². The topological polar surface area (TPSA) is 43.4 Å². The third kappa shape index (κ3) is 3.59. The minimum absolute atomic E-state index is 0.338. The van der Waals surface area contributed by atoms with E-state index in [4.69, 9.17) is 9.15 Å². The number of furan rings is 1. The van der Waals surface area contributed by atoms with Gasteiger partial charge < -0.3 is 13.7 Å². The second-order valence-corrected chi connectivity index (χ2v) is 6.17. The number of nitrogens with zero attached hydrogens (tertiary/aromatic N) is 3. The van der Waals surface area contributed by atoms with Crippen LogP contribution in [0.15, 0.2) is 22.7 Å². The maximum atomic E-state index is 5.80. The van der Waals surface area contributed by atoms with Crippen molar-refractivity contribution >= 4 is 0 Å². The molecular formula is C17H25N3O2. The van der Waals surface area contributed by atoms with E-state index in [1.807, 2.05) is 26.1 Å². The lowest BCUT2D eigenvalue weighted by atomic mass is 10.2. The Hall–Kier alpha value is -1.59. The molecule has 0 aromatic carbocycles. The van der Waals surface area contributed by atoms with E-state index in [0.717, 1.165) is 50.0 Å². The average molecular weight is 303 g/mol. The molecule has 0 spiro atoms. The lowest BCUT2D eigenvalue weighted by Crippen LogP contribution is -2.32. The van der Waals surface area contributed by atoms with Crippen LogP contribution >= 0.6 is 0 Å². The molecule has 1 aliphatic heterocycles. The number of ether oxygens (including phenoxy) is 1. The molecule has 2 aromatic rings. The fraction of sp³-hybridized carbons (Fsp3) is 0.588. The molecule has 1 saturated heterocycles. The smallest absolute Gasteiger partial charge is 0.118 e. The highest BCUT2D eigenvalue weighted by molar-refractivity contribution is 5.07. The quantitative estimate of drug-likeness (QED) is 0.823. The Balaban J connectivity index is 1.71. The van der Waals surface area contributed by atoms with Crippen molar-refractivity contribution in [2.24, 2.45) is 7.05 Å². The number of hydrogen-bond donors (Lipinski definition) is 0. The van der Waals surface area contributed by atoms with Gasteiger partial charge in [-0.05, 0) is 38.8 Å². The minimum Gasteiger partial charge on any atom is -0.465 e. The highest BCUT2D eigenvalue weighted by Crippen LogP contribution is 2.18. The van der Waals surface area contributed by atoms with Gasteiger partial charge in [0.25, 0.3) is 0 Å². The van der Waals surface area contributed by atoms with Crippen molar-refractivity contribution in [2.45, 2.75) is 45.9 Å². The summed E-state index contributed by atoms with van der Waals surface area (Å²) in [5, 5.41) is 0. The SMILES string of the molecule is Cc1ccc(CN(Cc2cnc(C)n2C)CC2CCCO2)o1. The van der Waals surface area contributed by atoms with E-state index in [1.54, 1.807) is 0 Å². The standard InChI is InChI=1S/C17H25N3O2/c1-13-6-7-17(22-13)12-20(11-16-5-4-8-21-16)10-15-9-18-14(2)19(15)3/h6-7,9,16H,4-5,8,10-12H2,1-3H3. The predicted molar refractivity (Wildman–Crippen MR) is 84.5 cm³/mol. The highest BCUT2D eigenvalue weighted by Gasteiger charge is 2.21. The van der Waals surface area contributed by atoms with Gasteiger partial charge in [-0.3, -0.25) is 4.90 Å². The molecule has 22 heavy (non-hydrogen) atoms. The predicted octanol–water partition coefficient (Wildman–Crippen LogP) is 2.81. The first-order valence-electron chi connectivity index (χ1n) is 7.98. The van der Waals surface area contributed by atoms with Crippen molar-refractivity contribution in [2.75, 3.05) is 13.2 Å². The second kappa shape index (κ2) is 6.67. The van der Waals surface area contributed by atoms with Crippen molar-refractivity contribution in [3.8, 4) is 0 Å². The van der Waals surface area contributed by atoms with E-state index in [1.165, 1.54) is 12.1 Å². The third-order valence-corrected chi connectivity index (χ3v) is 4.36. The fourth-order valence-corrected chi connectivity index (χ4v) is 2.98. The summed E-state index contributed by atoms with van der Waals surface area (Å²) in [5.41, 5.74) is 1.22. The highest BCUT2D eigenvalue weighted by atomic mass is 16.5. The van der Waals surface area contributed by atoms with Gasteiger partial charge in [-0.25, -0.2) is 4.98 Å². The number of rotatable bonds is 6. The summed E-state index contributed by atoms with van der Waals surface area (Å²) in [7, 11) is 2.07. The molecule has 120 valence electrons. The number of aromatic nitrogens is 2. The van der Waals surface area contributed by atoms with E-state index in [9.17, 15) is 0 Å². The van der Waals surface area contributed by atoms with Gasteiger partial charge in [-0.1, -0.05) is 0 Å². The molecule has 0 bridgehead atoms. The monoisotopic (exact) mass is 303 g/mol. The summed E-state index contributed by atoms with van der Waals surface area (Å²) >= 11 is 0. The summed E-state index contributed by atoms with van der Waals surface area (Å²) in [4.78, 5) is 6.79. The number of hydrogen-bond acceptors (Lipinski definition) is 4. The molecular weight excluding hydrogens is 278 g/mol. The molecule has 2 aromatic heterocycles. The van der Waals surface area contributed by atoms with Crippen LogP contribution in [0.5, 0.6) is 0 Å². The van der Waals surface area contributed by atoms with Gasteiger partial charge in [0, 0.05) is 32.9 Å². The van der Waals surface area contributed by atoms with E-state index in [-0.39, 0.29) is 0 Å². The van der Waals surface area contributed by atoms with Crippen molar-refractivity contribution in [3.05, 3.63) is 41.4 Å².